The Balaban J connectivity index is 2.05. The fraction of sp³-hybridized carbons (Fsp3) is 0.500. The van der Waals surface area contributed by atoms with Crippen LogP contribution in [0.3, 0.4) is 0 Å². The van der Waals surface area contributed by atoms with Gasteiger partial charge in [-0.1, -0.05) is 23.2 Å². The molecule has 1 aromatic carbocycles. The molecule has 8 heteroatoms. The fourth-order valence-electron chi connectivity index (χ4n) is 2.57. The molecule has 1 aliphatic heterocycles. The average molecular weight is 392 g/mol. The average Bonchev–Trinajstić information content (AvgIpc) is 2.50. The molecule has 132 valence electrons. The highest BCUT2D eigenvalue weighted by Gasteiger charge is 2.37. The third-order valence-corrected chi connectivity index (χ3v) is 5.73. The molecule has 1 fully saturated rings. The van der Waals surface area contributed by atoms with Gasteiger partial charge in [-0.3, -0.25) is 9.59 Å². The number of halogens is 2. The molecule has 2 N–H and O–H groups in total. The summed E-state index contributed by atoms with van der Waals surface area (Å²) in [5, 5.41) is 12.7. The number of thioether (sulfide) groups is 1. The summed E-state index contributed by atoms with van der Waals surface area (Å²) >= 11 is 13.4. The molecule has 0 bridgehead atoms. The lowest BCUT2D eigenvalue weighted by atomic mass is 9.86. The van der Waals surface area contributed by atoms with Crippen LogP contribution in [-0.2, 0) is 14.3 Å². The van der Waals surface area contributed by atoms with Crippen molar-refractivity contribution in [3.05, 3.63) is 28.2 Å². The summed E-state index contributed by atoms with van der Waals surface area (Å²) in [6.45, 7) is 2.63. The van der Waals surface area contributed by atoms with Crippen LogP contribution in [0.4, 0.5) is 0 Å². The van der Waals surface area contributed by atoms with E-state index in [-0.39, 0.29) is 12.3 Å². The second-order valence-corrected chi connectivity index (χ2v) is 8.01. The number of benzene rings is 1. The quantitative estimate of drug-likeness (QED) is 0.724. The Bertz CT molecular complexity index is 620. The largest absolute Gasteiger partial charge is 0.481 e. The van der Waals surface area contributed by atoms with E-state index in [1.165, 1.54) is 11.8 Å². The van der Waals surface area contributed by atoms with Crippen LogP contribution in [0.25, 0.3) is 0 Å². The van der Waals surface area contributed by atoms with Crippen LogP contribution in [0.2, 0.25) is 10.0 Å². The fourth-order valence-corrected chi connectivity index (χ4v) is 3.98. The zero-order valence-corrected chi connectivity index (χ0v) is 15.5. The van der Waals surface area contributed by atoms with Gasteiger partial charge in [0.25, 0.3) is 0 Å². The molecule has 1 atom stereocenters. The van der Waals surface area contributed by atoms with E-state index in [0.29, 0.717) is 41.0 Å². The highest BCUT2D eigenvalue weighted by molar-refractivity contribution is 8.00. The predicted molar refractivity (Wildman–Crippen MR) is 95.0 cm³/mol. The smallest absolute Gasteiger partial charge is 0.305 e. The van der Waals surface area contributed by atoms with Gasteiger partial charge in [0.2, 0.25) is 5.91 Å². The van der Waals surface area contributed by atoms with Crippen molar-refractivity contribution in [2.75, 3.05) is 13.2 Å². The van der Waals surface area contributed by atoms with Crippen LogP contribution in [-0.4, -0.2) is 41.0 Å². The topological polar surface area (TPSA) is 75.6 Å². The van der Waals surface area contributed by atoms with Crippen LogP contribution in [0.1, 0.15) is 26.2 Å². The molecular formula is C16H19Cl2NO4S. The Hall–Kier alpha value is -0.950. The minimum Gasteiger partial charge on any atom is -0.481 e. The first-order valence-electron chi connectivity index (χ1n) is 7.55. The summed E-state index contributed by atoms with van der Waals surface area (Å²) in [5.74, 6) is -1.16. The second-order valence-electron chi connectivity index (χ2n) is 5.79. The highest BCUT2D eigenvalue weighted by Crippen LogP contribution is 2.33. The van der Waals surface area contributed by atoms with Crippen LogP contribution >= 0.6 is 35.0 Å². The number of amides is 1. The van der Waals surface area contributed by atoms with E-state index < -0.39 is 16.8 Å². The number of nitrogens with one attached hydrogen (secondary N) is 1. The van der Waals surface area contributed by atoms with Crippen molar-refractivity contribution in [2.24, 2.45) is 0 Å². The first kappa shape index (κ1) is 19.4. The van der Waals surface area contributed by atoms with Gasteiger partial charge in [0.05, 0.1) is 22.2 Å². The van der Waals surface area contributed by atoms with Crippen molar-refractivity contribution in [3.8, 4) is 0 Å². The van der Waals surface area contributed by atoms with E-state index in [1.807, 2.05) is 0 Å². The van der Waals surface area contributed by atoms with E-state index in [1.54, 1.807) is 25.1 Å². The minimum atomic E-state index is -0.935. The van der Waals surface area contributed by atoms with Crippen molar-refractivity contribution in [2.45, 2.75) is 41.9 Å². The van der Waals surface area contributed by atoms with Gasteiger partial charge in [-0.25, -0.2) is 0 Å². The van der Waals surface area contributed by atoms with Gasteiger partial charge in [-0.2, -0.15) is 0 Å². The van der Waals surface area contributed by atoms with Crippen molar-refractivity contribution >= 4 is 46.8 Å². The molecular weight excluding hydrogens is 373 g/mol. The number of aliphatic carboxylic acids is 1. The SMILES string of the molecule is CC(Sc1cc(Cl)ccc1Cl)C(=O)NC1(CC(=O)O)CCOCC1. The molecule has 0 aromatic heterocycles. The molecule has 1 unspecified atom stereocenters. The standard InChI is InChI=1S/C16H19Cl2NO4S/c1-10(24-13-8-11(17)2-3-12(13)18)15(22)19-16(9-14(20)21)4-6-23-7-5-16/h2-3,8,10H,4-7,9H2,1H3,(H,19,22)(H,20,21). The molecule has 1 aliphatic rings. The Morgan fingerprint density at radius 3 is 2.67 bits per heavy atom. The molecule has 24 heavy (non-hydrogen) atoms. The van der Waals surface area contributed by atoms with Crippen LogP contribution in [0.15, 0.2) is 23.1 Å². The van der Waals surface area contributed by atoms with Crippen molar-refractivity contribution < 1.29 is 19.4 Å². The normalized spacial score (nSPS) is 18.0. The van der Waals surface area contributed by atoms with E-state index in [4.69, 9.17) is 33.0 Å². The van der Waals surface area contributed by atoms with Gasteiger partial charge in [0.15, 0.2) is 0 Å². The Labute approximate surface area is 155 Å². The van der Waals surface area contributed by atoms with E-state index in [2.05, 4.69) is 5.32 Å². The number of hydrogen-bond donors (Lipinski definition) is 2. The van der Waals surface area contributed by atoms with E-state index in [0.717, 1.165) is 0 Å². The number of rotatable bonds is 6. The lowest BCUT2D eigenvalue weighted by Crippen LogP contribution is -2.54. The molecule has 0 radical (unpaired) electrons. The molecule has 1 amide bonds. The van der Waals surface area contributed by atoms with Gasteiger partial charge in [-0.15, -0.1) is 11.8 Å². The number of carboxylic acids is 1. The lowest BCUT2D eigenvalue weighted by Gasteiger charge is -2.37. The molecule has 0 saturated carbocycles. The molecule has 0 spiro atoms. The monoisotopic (exact) mass is 391 g/mol. The third kappa shape index (κ3) is 5.28. The van der Waals surface area contributed by atoms with Crippen molar-refractivity contribution in [1.82, 2.24) is 5.32 Å². The summed E-state index contributed by atoms with van der Waals surface area (Å²) in [4.78, 5) is 24.4. The summed E-state index contributed by atoms with van der Waals surface area (Å²) < 4.78 is 5.29. The second kappa shape index (κ2) is 8.43. The highest BCUT2D eigenvalue weighted by atomic mass is 35.5. The number of carbonyl (C=O) groups is 2. The zero-order valence-electron chi connectivity index (χ0n) is 13.2. The Morgan fingerprint density at radius 1 is 1.38 bits per heavy atom. The van der Waals surface area contributed by atoms with E-state index >= 15 is 0 Å². The maximum Gasteiger partial charge on any atom is 0.305 e. The molecule has 1 aromatic rings. The summed E-state index contributed by atoms with van der Waals surface area (Å²) in [7, 11) is 0. The molecule has 1 heterocycles. The number of hydrogen-bond acceptors (Lipinski definition) is 4. The van der Waals surface area contributed by atoms with E-state index in [9.17, 15) is 9.59 Å². The molecule has 2 rings (SSSR count). The van der Waals surface area contributed by atoms with Gasteiger partial charge < -0.3 is 15.2 Å². The summed E-state index contributed by atoms with van der Waals surface area (Å²) in [6, 6.07) is 5.07. The van der Waals surface area contributed by atoms with Gasteiger partial charge in [0, 0.05) is 23.1 Å². The van der Waals surface area contributed by atoms with Crippen LogP contribution in [0.5, 0.6) is 0 Å². The maximum atomic E-state index is 12.6. The molecule has 1 saturated heterocycles. The first-order valence-corrected chi connectivity index (χ1v) is 9.18. The maximum absolute atomic E-state index is 12.6. The van der Waals surface area contributed by atoms with Crippen molar-refractivity contribution in [1.29, 1.82) is 0 Å². The zero-order chi connectivity index (χ0) is 17.7. The number of carboxylic acid groups (broad SMARTS) is 1. The lowest BCUT2D eigenvalue weighted by molar-refractivity contribution is -0.140. The minimum absolute atomic E-state index is 0.114. The van der Waals surface area contributed by atoms with Gasteiger partial charge in [-0.05, 0) is 38.0 Å². The van der Waals surface area contributed by atoms with Crippen LogP contribution in [0, 0.1) is 0 Å². The van der Waals surface area contributed by atoms with Gasteiger partial charge >= 0.3 is 5.97 Å². The first-order chi connectivity index (χ1) is 11.3. The number of ether oxygens (including phenoxy) is 1. The summed E-state index contributed by atoms with van der Waals surface area (Å²) in [5.41, 5.74) is -0.756. The molecule has 0 aliphatic carbocycles. The Kier molecular flexibility index (Phi) is 6.80. The van der Waals surface area contributed by atoms with Gasteiger partial charge in [0.1, 0.15) is 0 Å². The van der Waals surface area contributed by atoms with Crippen LogP contribution < -0.4 is 5.32 Å². The Morgan fingerprint density at radius 2 is 2.04 bits per heavy atom. The molecule has 5 nitrogen and oxygen atoms in total. The third-order valence-electron chi connectivity index (χ3n) is 3.89. The predicted octanol–water partition coefficient (Wildman–Crippen LogP) is 3.61. The number of carbonyl (C=O) groups excluding carboxylic acids is 1. The summed E-state index contributed by atoms with van der Waals surface area (Å²) in [6.07, 6.45) is 0.859. The van der Waals surface area contributed by atoms with Crippen molar-refractivity contribution in [3.63, 3.8) is 0 Å².